The number of amides is 2. The SMILES string of the molecule is COc1ccc(NC(=O)CCSc2nnc(NC(=O)CCc3nc(-c4ccc(OC)cc4)no3)s2)cc1. The lowest BCUT2D eigenvalue weighted by atomic mass is 10.2. The van der Waals surface area contributed by atoms with Crippen molar-refractivity contribution >= 4 is 45.7 Å². The molecule has 2 aromatic heterocycles. The predicted octanol–water partition coefficient (Wildman–Crippen LogP) is 4.30. The number of carbonyl (C=O) groups excluding carboxylic acids is 2. The minimum Gasteiger partial charge on any atom is -0.497 e. The van der Waals surface area contributed by atoms with Gasteiger partial charge in [0.15, 0.2) is 4.34 Å². The first-order valence-electron chi connectivity index (χ1n) is 11.2. The third kappa shape index (κ3) is 7.75. The number of nitrogens with zero attached hydrogens (tertiary/aromatic N) is 4. The lowest BCUT2D eigenvalue weighted by Gasteiger charge is -2.05. The van der Waals surface area contributed by atoms with Gasteiger partial charge in [0.25, 0.3) is 0 Å². The number of aryl methyl sites for hydroxylation is 1. The van der Waals surface area contributed by atoms with Crippen molar-refractivity contribution in [2.45, 2.75) is 23.6 Å². The molecular weight excluding hydrogens is 516 g/mol. The monoisotopic (exact) mass is 540 g/mol. The smallest absolute Gasteiger partial charge is 0.227 e. The Balaban J connectivity index is 1.17. The number of ether oxygens (including phenoxy) is 2. The minimum atomic E-state index is -0.240. The third-order valence-corrected chi connectivity index (χ3v) is 6.94. The summed E-state index contributed by atoms with van der Waals surface area (Å²) in [6.07, 6.45) is 0.747. The van der Waals surface area contributed by atoms with E-state index in [1.807, 2.05) is 24.3 Å². The van der Waals surface area contributed by atoms with E-state index in [0.717, 1.165) is 17.1 Å². The normalized spacial score (nSPS) is 10.6. The topological polar surface area (TPSA) is 141 Å². The molecule has 0 fully saturated rings. The van der Waals surface area contributed by atoms with Crippen molar-refractivity contribution < 1.29 is 23.6 Å². The molecule has 11 nitrogen and oxygen atoms in total. The fourth-order valence-corrected chi connectivity index (χ4v) is 4.84. The Morgan fingerprint density at radius 3 is 2.30 bits per heavy atom. The molecule has 0 spiro atoms. The van der Waals surface area contributed by atoms with Crippen LogP contribution in [-0.2, 0) is 16.0 Å². The van der Waals surface area contributed by atoms with E-state index < -0.39 is 0 Å². The molecule has 0 radical (unpaired) electrons. The Morgan fingerprint density at radius 2 is 1.59 bits per heavy atom. The molecule has 0 saturated heterocycles. The van der Waals surface area contributed by atoms with Gasteiger partial charge in [0.2, 0.25) is 28.7 Å². The van der Waals surface area contributed by atoms with Crippen LogP contribution < -0.4 is 20.1 Å². The van der Waals surface area contributed by atoms with Gasteiger partial charge in [0.05, 0.1) is 14.2 Å². The second-order valence-corrected chi connectivity index (χ2v) is 9.86. The van der Waals surface area contributed by atoms with E-state index in [0.29, 0.717) is 45.5 Å². The fourth-order valence-electron chi connectivity index (χ4n) is 3.06. The number of aromatic nitrogens is 4. The molecule has 2 N–H and O–H groups in total. The molecule has 0 unspecified atom stereocenters. The van der Waals surface area contributed by atoms with E-state index in [1.54, 1.807) is 38.5 Å². The van der Waals surface area contributed by atoms with Crippen LogP contribution in [0.15, 0.2) is 57.4 Å². The quantitative estimate of drug-likeness (QED) is 0.197. The number of methoxy groups -OCH3 is 2. The first-order valence-corrected chi connectivity index (χ1v) is 13.0. The molecule has 0 aliphatic heterocycles. The molecule has 0 aliphatic rings. The summed E-state index contributed by atoms with van der Waals surface area (Å²) in [6, 6.07) is 14.4. The van der Waals surface area contributed by atoms with E-state index in [4.69, 9.17) is 14.0 Å². The van der Waals surface area contributed by atoms with Crippen LogP contribution in [-0.4, -0.2) is 52.1 Å². The van der Waals surface area contributed by atoms with Gasteiger partial charge in [0.1, 0.15) is 11.5 Å². The zero-order chi connectivity index (χ0) is 26.0. The Labute approximate surface area is 221 Å². The van der Waals surface area contributed by atoms with Crippen molar-refractivity contribution in [1.29, 1.82) is 0 Å². The van der Waals surface area contributed by atoms with Gasteiger partial charge >= 0.3 is 0 Å². The average Bonchev–Trinajstić information content (AvgIpc) is 3.58. The average molecular weight is 541 g/mol. The van der Waals surface area contributed by atoms with Gasteiger partial charge in [-0.05, 0) is 48.5 Å². The fraction of sp³-hybridized carbons (Fsp3) is 0.250. The number of benzene rings is 2. The summed E-state index contributed by atoms with van der Waals surface area (Å²) >= 11 is 2.65. The van der Waals surface area contributed by atoms with Gasteiger partial charge in [-0.1, -0.05) is 28.3 Å². The highest BCUT2D eigenvalue weighted by molar-refractivity contribution is 8.01. The summed E-state index contributed by atoms with van der Waals surface area (Å²) in [4.78, 5) is 28.8. The van der Waals surface area contributed by atoms with Gasteiger partial charge < -0.3 is 24.6 Å². The molecular formula is C24H24N6O5S2. The largest absolute Gasteiger partial charge is 0.497 e. The van der Waals surface area contributed by atoms with Crippen LogP contribution in [0.2, 0.25) is 0 Å². The highest BCUT2D eigenvalue weighted by atomic mass is 32.2. The first kappa shape index (κ1) is 26.1. The van der Waals surface area contributed by atoms with E-state index in [2.05, 4.69) is 31.0 Å². The molecule has 4 aromatic rings. The molecule has 2 heterocycles. The molecule has 37 heavy (non-hydrogen) atoms. The molecule has 192 valence electrons. The summed E-state index contributed by atoms with van der Waals surface area (Å²) < 4.78 is 16.2. The zero-order valence-electron chi connectivity index (χ0n) is 20.1. The minimum absolute atomic E-state index is 0.105. The number of carbonyl (C=O) groups is 2. The molecule has 13 heteroatoms. The van der Waals surface area contributed by atoms with Crippen LogP contribution in [0.25, 0.3) is 11.4 Å². The van der Waals surface area contributed by atoms with Crippen molar-refractivity contribution in [2.24, 2.45) is 0 Å². The van der Waals surface area contributed by atoms with Gasteiger partial charge in [0, 0.05) is 36.3 Å². The van der Waals surface area contributed by atoms with E-state index in [-0.39, 0.29) is 18.2 Å². The van der Waals surface area contributed by atoms with Crippen LogP contribution in [0, 0.1) is 0 Å². The summed E-state index contributed by atoms with van der Waals surface area (Å²) in [6.45, 7) is 0. The van der Waals surface area contributed by atoms with Gasteiger partial charge in [-0.25, -0.2) is 0 Å². The van der Waals surface area contributed by atoms with Crippen molar-refractivity contribution in [3.8, 4) is 22.9 Å². The zero-order valence-corrected chi connectivity index (χ0v) is 21.7. The molecule has 0 bridgehead atoms. The van der Waals surface area contributed by atoms with E-state index >= 15 is 0 Å². The number of hydrogen-bond donors (Lipinski definition) is 2. The van der Waals surface area contributed by atoms with Crippen molar-refractivity contribution in [3.63, 3.8) is 0 Å². The highest BCUT2D eigenvalue weighted by Gasteiger charge is 2.13. The standard InChI is InChI=1S/C24H24N6O5S2/c1-33-17-7-3-15(4-8-17)22-27-21(35-30-22)12-11-19(31)26-23-28-29-24(37-23)36-14-13-20(32)25-16-5-9-18(34-2)10-6-16/h3-10H,11-14H2,1-2H3,(H,25,32)(H,26,28,31). The van der Waals surface area contributed by atoms with Gasteiger partial charge in [-0.3, -0.25) is 9.59 Å². The second-order valence-electron chi connectivity index (χ2n) is 7.54. The maximum Gasteiger partial charge on any atom is 0.227 e. The molecule has 4 rings (SSSR count). The Bertz CT molecular complexity index is 1320. The van der Waals surface area contributed by atoms with Gasteiger partial charge in [-0.2, -0.15) is 4.98 Å². The number of anilines is 2. The first-order chi connectivity index (χ1) is 18.0. The Kier molecular flexibility index (Phi) is 9.05. The van der Waals surface area contributed by atoms with Crippen LogP contribution in [0.5, 0.6) is 11.5 Å². The molecule has 2 amide bonds. The van der Waals surface area contributed by atoms with Crippen molar-refractivity contribution in [3.05, 3.63) is 54.4 Å². The molecule has 0 saturated carbocycles. The van der Waals surface area contributed by atoms with E-state index in [1.165, 1.54) is 23.1 Å². The third-order valence-electron chi connectivity index (χ3n) is 4.96. The number of nitrogens with one attached hydrogen (secondary N) is 2. The predicted molar refractivity (Wildman–Crippen MR) is 140 cm³/mol. The maximum atomic E-state index is 12.3. The number of rotatable bonds is 12. The van der Waals surface area contributed by atoms with Crippen molar-refractivity contribution in [1.82, 2.24) is 20.3 Å². The van der Waals surface area contributed by atoms with E-state index in [9.17, 15) is 9.59 Å². The molecule has 2 aromatic carbocycles. The number of thioether (sulfide) groups is 1. The van der Waals surface area contributed by atoms with Crippen molar-refractivity contribution in [2.75, 3.05) is 30.6 Å². The molecule has 0 atom stereocenters. The highest BCUT2D eigenvalue weighted by Crippen LogP contribution is 2.26. The second kappa shape index (κ2) is 12.8. The van der Waals surface area contributed by atoms with Crippen LogP contribution in [0.4, 0.5) is 10.8 Å². The van der Waals surface area contributed by atoms with Gasteiger partial charge in [-0.15, -0.1) is 10.2 Å². The van der Waals surface area contributed by atoms with Crippen LogP contribution in [0.1, 0.15) is 18.7 Å². The van der Waals surface area contributed by atoms with Crippen LogP contribution in [0.3, 0.4) is 0 Å². The lowest BCUT2D eigenvalue weighted by molar-refractivity contribution is -0.116. The van der Waals surface area contributed by atoms with Crippen LogP contribution >= 0.6 is 23.1 Å². The molecule has 0 aliphatic carbocycles. The summed E-state index contributed by atoms with van der Waals surface area (Å²) in [7, 11) is 3.19. The Hall–Kier alpha value is -3.97. The Morgan fingerprint density at radius 1 is 0.919 bits per heavy atom. The number of hydrogen-bond acceptors (Lipinski definition) is 11. The summed E-state index contributed by atoms with van der Waals surface area (Å²) in [5.74, 6) is 2.45. The summed E-state index contributed by atoms with van der Waals surface area (Å²) in [5.41, 5.74) is 1.49. The maximum absolute atomic E-state index is 12.3. The summed E-state index contributed by atoms with van der Waals surface area (Å²) in [5, 5.41) is 18.0. The lowest BCUT2D eigenvalue weighted by Crippen LogP contribution is -2.12.